The van der Waals surface area contributed by atoms with Crippen LogP contribution in [0.3, 0.4) is 0 Å². The topological polar surface area (TPSA) is 69.9 Å². The standard InChI is InChI=1S/C46H28N4O2/c1-27-11-9-17-35-32-14-5-7-18-37(32)50(43(27)35)46-48-44(28-12-3-2-4-13-28)47-45(49-46)30-22-24-36-41(26-30)52-39-20-10-16-31(42(36)39)29-21-23-34-33-15-6-8-19-38(33)51-40(34)25-29/h2-26H,1H3. The summed E-state index contributed by atoms with van der Waals surface area (Å²) < 4.78 is 15.0. The third kappa shape index (κ3) is 4.28. The summed E-state index contributed by atoms with van der Waals surface area (Å²) in [6, 6.07) is 52.0. The van der Waals surface area contributed by atoms with Crippen molar-refractivity contribution in [2.45, 2.75) is 6.92 Å². The van der Waals surface area contributed by atoms with Gasteiger partial charge in [0.1, 0.15) is 22.3 Å². The van der Waals surface area contributed by atoms with E-state index in [1.165, 1.54) is 0 Å². The predicted molar refractivity (Wildman–Crippen MR) is 210 cm³/mol. The minimum Gasteiger partial charge on any atom is -0.456 e. The van der Waals surface area contributed by atoms with Crippen LogP contribution in [0.1, 0.15) is 5.56 Å². The molecule has 0 unspecified atom stereocenters. The van der Waals surface area contributed by atoms with E-state index in [0.29, 0.717) is 17.6 Å². The predicted octanol–water partition coefficient (Wildman–Crippen LogP) is 12.1. The molecule has 0 spiro atoms. The number of benzene rings is 7. The Morgan fingerprint density at radius 3 is 1.98 bits per heavy atom. The molecule has 4 heterocycles. The van der Waals surface area contributed by atoms with Gasteiger partial charge in [0, 0.05) is 43.4 Å². The summed E-state index contributed by atoms with van der Waals surface area (Å²) in [6.45, 7) is 2.14. The Hall–Kier alpha value is -7.05. The van der Waals surface area contributed by atoms with Crippen LogP contribution in [0.4, 0.5) is 0 Å². The van der Waals surface area contributed by atoms with Crippen molar-refractivity contribution in [3.05, 3.63) is 157 Å². The van der Waals surface area contributed by atoms with Gasteiger partial charge >= 0.3 is 0 Å². The first-order chi connectivity index (χ1) is 25.7. The van der Waals surface area contributed by atoms with Crippen molar-refractivity contribution in [3.63, 3.8) is 0 Å². The minimum absolute atomic E-state index is 0.567. The summed E-state index contributed by atoms with van der Waals surface area (Å²) in [4.78, 5) is 15.3. The van der Waals surface area contributed by atoms with Crippen LogP contribution in [0.5, 0.6) is 0 Å². The Bertz CT molecular complexity index is 3210. The SMILES string of the molecule is Cc1cccc2c3ccccc3n(-c3nc(-c4ccccc4)nc(-c4ccc5c(c4)oc4cccc(-c6ccc7c(c6)oc6ccccc67)c45)n3)c12. The lowest BCUT2D eigenvalue weighted by Crippen LogP contribution is -2.06. The van der Waals surface area contributed by atoms with Crippen molar-refractivity contribution in [2.24, 2.45) is 0 Å². The number of aryl methyl sites for hydroxylation is 1. The number of hydrogen-bond donors (Lipinski definition) is 0. The van der Waals surface area contributed by atoms with Crippen molar-refractivity contribution in [3.8, 4) is 39.9 Å². The molecule has 52 heavy (non-hydrogen) atoms. The molecule has 6 nitrogen and oxygen atoms in total. The monoisotopic (exact) mass is 668 g/mol. The Morgan fingerprint density at radius 1 is 0.442 bits per heavy atom. The molecular weight excluding hydrogens is 641 g/mol. The van der Waals surface area contributed by atoms with Gasteiger partial charge in [-0.25, -0.2) is 4.98 Å². The van der Waals surface area contributed by atoms with Crippen LogP contribution in [0.2, 0.25) is 0 Å². The van der Waals surface area contributed by atoms with Crippen LogP contribution in [0.15, 0.2) is 160 Å². The normalized spacial score (nSPS) is 11.9. The molecular formula is C46H28N4O2. The van der Waals surface area contributed by atoms with Gasteiger partial charge in [0.05, 0.1) is 11.0 Å². The highest BCUT2D eigenvalue weighted by Gasteiger charge is 2.20. The molecule has 4 aromatic heterocycles. The van der Waals surface area contributed by atoms with Gasteiger partial charge in [0.15, 0.2) is 11.6 Å². The maximum atomic E-state index is 6.56. The van der Waals surface area contributed by atoms with Crippen molar-refractivity contribution >= 4 is 65.7 Å². The zero-order valence-corrected chi connectivity index (χ0v) is 28.0. The third-order valence-electron chi connectivity index (χ3n) is 10.2. The molecule has 0 bridgehead atoms. The van der Waals surface area contributed by atoms with Gasteiger partial charge in [-0.3, -0.25) is 4.57 Å². The summed E-state index contributed by atoms with van der Waals surface area (Å²) in [5.41, 5.74) is 10.5. The lowest BCUT2D eigenvalue weighted by atomic mass is 9.98. The van der Waals surface area contributed by atoms with Gasteiger partial charge in [0.25, 0.3) is 0 Å². The average Bonchev–Trinajstić information content (AvgIpc) is 3.87. The first-order valence-electron chi connectivity index (χ1n) is 17.4. The van der Waals surface area contributed by atoms with E-state index in [2.05, 4.69) is 96.4 Å². The maximum Gasteiger partial charge on any atom is 0.238 e. The van der Waals surface area contributed by atoms with E-state index in [0.717, 1.165) is 93.5 Å². The zero-order chi connectivity index (χ0) is 34.3. The Labute approximate surface area is 297 Å². The molecule has 0 aliphatic rings. The van der Waals surface area contributed by atoms with Gasteiger partial charge in [-0.2, -0.15) is 9.97 Å². The van der Waals surface area contributed by atoms with Crippen molar-refractivity contribution in [1.29, 1.82) is 0 Å². The van der Waals surface area contributed by atoms with Crippen LogP contribution in [0, 0.1) is 6.92 Å². The molecule has 0 radical (unpaired) electrons. The van der Waals surface area contributed by atoms with E-state index in [9.17, 15) is 0 Å². The van der Waals surface area contributed by atoms with E-state index in [1.807, 2.05) is 66.7 Å². The number of furan rings is 2. The summed E-state index contributed by atoms with van der Waals surface area (Å²) in [5, 5.41) is 6.63. The Balaban J connectivity index is 1.10. The van der Waals surface area contributed by atoms with Crippen LogP contribution >= 0.6 is 0 Å². The van der Waals surface area contributed by atoms with Crippen molar-refractivity contribution in [2.75, 3.05) is 0 Å². The number of fused-ring (bicyclic) bond motifs is 9. The van der Waals surface area contributed by atoms with Crippen LogP contribution in [-0.4, -0.2) is 19.5 Å². The highest BCUT2D eigenvalue weighted by molar-refractivity contribution is 6.14. The molecule has 0 N–H and O–H groups in total. The molecule has 0 saturated heterocycles. The van der Waals surface area contributed by atoms with E-state index < -0.39 is 0 Å². The quantitative estimate of drug-likeness (QED) is 0.187. The second-order valence-corrected chi connectivity index (χ2v) is 13.3. The number of nitrogens with zero attached hydrogens (tertiary/aromatic N) is 4. The number of rotatable bonds is 4. The number of para-hydroxylation sites is 3. The molecule has 0 fully saturated rings. The summed E-state index contributed by atoms with van der Waals surface area (Å²) in [5.74, 6) is 1.74. The maximum absolute atomic E-state index is 6.56. The van der Waals surface area contributed by atoms with Gasteiger partial charge in [0.2, 0.25) is 5.95 Å². The first kappa shape index (κ1) is 28.8. The van der Waals surface area contributed by atoms with Crippen molar-refractivity contribution < 1.29 is 8.83 Å². The molecule has 0 aliphatic carbocycles. The largest absolute Gasteiger partial charge is 0.456 e. The number of hydrogen-bond acceptors (Lipinski definition) is 5. The van der Waals surface area contributed by atoms with E-state index >= 15 is 0 Å². The van der Waals surface area contributed by atoms with E-state index in [-0.39, 0.29) is 0 Å². The van der Waals surface area contributed by atoms with Gasteiger partial charge in [-0.05, 0) is 66.1 Å². The average molecular weight is 669 g/mol. The lowest BCUT2D eigenvalue weighted by Gasteiger charge is -2.11. The number of aromatic nitrogens is 4. The highest BCUT2D eigenvalue weighted by Crippen LogP contribution is 2.40. The van der Waals surface area contributed by atoms with E-state index in [4.69, 9.17) is 23.8 Å². The molecule has 7 aromatic carbocycles. The molecule has 11 rings (SSSR count). The summed E-state index contributed by atoms with van der Waals surface area (Å²) in [6.07, 6.45) is 0. The Morgan fingerprint density at radius 2 is 1.08 bits per heavy atom. The van der Waals surface area contributed by atoms with Crippen molar-refractivity contribution in [1.82, 2.24) is 19.5 Å². The molecule has 11 aromatic rings. The summed E-state index contributed by atoms with van der Waals surface area (Å²) >= 11 is 0. The van der Waals surface area contributed by atoms with Gasteiger partial charge in [-0.1, -0.05) is 109 Å². The van der Waals surface area contributed by atoms with E-state index in [1.54, 1.807) is 0 Å². The smallest absolute Gasteiger partial charge is 0.238 e. The second-order valence-electron chi connectivity index (χ2n) is 13.3. The molecule has 244 valence electrons. The lowest BCUT2D eigenvalue weighted by molar-refractivity contribution is 0.668. The van der Waals surface area contributed by atoms with Crippen LogP contribution in [-0.2, 0) is 0 Å². The fraction of sp³-hybridized carbons (Fsp3) is 0.0217. The molecule has 0 atom stereocenters. The first-order valence-corrected chi connectivity index (χ1v) is 17.4. The Kier molecular flexibility index (Phi) is 6.07. The third-order valence-corrected chi connectivity index (χ3v) is 10.2. The molecule has 0 amide bonds. The molecule has 6 heteroatoms. The van der Waals surface area contributed by atoms with Crippen LogP contribution in [0.25, 0.3) is 106 Å². The minimum atomic E-state index is 0.567. The summed E-state index contributed by atoms with van der Waals surface area (Å²) in [7, 11) is 0. The second kappa shape index (κ2) is 11.0. The molecule has 0 saturated carbocycles. The van der Waals surface area contributed by atoms with Gasteiger partial charge in [-0.15, -0.1) is 0 Å². The van der Waals surface area contributed by atoms with Crippen LogP contribution < -0.4 is 0 Å². The highest BCUT2D eigenvalue weighted by atomic mass is 16.3. The zero-order valence-electron chi connectivity index (χ0n) is 28.0. The fourth-order valence-electron chi connectivity index (χ4n) is 7.81. The fourth-order valence-corrected chi connectivity index (χ4v) is 7.81. The molecule has 0 aliphatic heterocycles. The van der Waals surface area contributed by atoms with Gasteiger partial charge < -0.3 is 8.83 Å².